The fraction of sp³-hybridized carbons (Fsp3) is 0.381. The van der Waals surface area contributed by atoms with Gasteiger partial charge in [0.1, 0.15) is 6.61 Å². The van der Waals surface area contributed by atoms with Crippen molar-refractivity contribution in [2.45, 2.75) is 25.8 Å². The molecule has 0 aromatic heterocycles. The van der Waals surface area contributed by atoms with Gasteiger partial charge in [-0.05, 0) is 50.0 Å². The van der Waals surface area contributed by atoms with Gasteiger partial charge in [-0.15, -0.1) is 0 Å². The number of methoxy groups -OCH3 is 1. The molecule has 1 unspecified atom stereocenters. The molecule has 1 atom stereocenters. The SMILES string of the molecule is COCC(=O)Nc1ccccc1-c1ccc(C(C)N2CCCC2)cc1. The van der Waals surface area contributed by atoms with Crippen LogP contribution in [-0.2, 0) is 9.53 Å². The largest absolute Gasteiger partial charge is 0.375 e. The molecule has 0 aliphatic carbocycles. The van der Waals surface area contributed by atoms with Gasteiger partial charge in [-0.1, -0.05) is 42.5 Å². The van der Waals surface area contributed by atoms with E-state index < -0.39 is 0 Å². The van der Waals surface area contributed by atoms with Gasteiger partial charge in [0.2, 0.25) is 5.91 Å². The summed E-state index contributed by atoms with van der Waals surface area (Å²) in [5.41, 5.74) is 4.27. The van der Waals surface area contributed by atoms with Crippen LogP contribution in [0.3, 0.4) is 0 Å². The van der Waals surface area contributed by atoms with Crippen molar-refractivity contribution in [2.75, 3.05) is 32.1 Å². The lowest BCUT2D eigenvalue weighted by atomic mass is 9.99. The standard InChI is InChI=1S/C21H26N2O2/c1-16(23-13-5-6-14-23)17-9-11-18(12-10-17)19-7-3-4-8-20(19)22-21(24)15-25-2/h3-4,7-12,16H,5-6,13-15H2,1-2H3,(H,22,24). The number of para-hydroxylation sites is 1. The molecule has 1 aliphatic rings. The summed E-state index contributed by atoms with van der Waals surface area (Å²) in [7, 11) is 1.52. The van der Waals surface area contributed by atoms with Gasteiger partial charge in [0, 0.05) is 24.4 Å². The number of nitrogens with one attached hydrogen (secondary N) is 1. The van der Waals surface area contributed by atoms with E-state index in [1.54, 1.807) is 0 Å². The molecule has 2 aromatic rings. The van der Waals surface area contributed by atoms with Gasteiger partial charge in [-0.2, -0.15) is 0 Å². The van der Waals surface area contributed by atoms with Crippen molar-refractivity contribution in [1.82, 2.24) is 4.90 Å². The summed E-state index contributed by atoms with van der Waals surface area (Å²) in [6, 6.07) is 17.0. The molecule has 0 saturated carbocycles. The highest BCUT2D eigenvalue weighted by atomic mass is 16.5. The molecule has 1 aliphatic heterocycles. The second kappa shape index (κ2) is 8.28. The van der Waals surface area contributed by atoms with Crippen molar-refractivity contribution >= 4 is 11.6 Å². The lowest BCUT2D eigenvalue weighted by molar-refractivity contribution is -0.119. The third-order valence-corrected chi connectivity index (χ3v) is 4.87. The van der Waals surface area contributed by atoms with Crippen LogP contribution >= 0.6 is 0 Å². The minimum atomic E-state index is -0.144. The third kappa shape index (κ3) is 4.27. The summed E-state index contributed by atoms with van der Waals surface area (Å²) >= 11 is 0. The molecule has 1 N–H and O–H groups in total. The minimum Gasteiger partial charge on any atom is -0.375 e. The summed E-state index contributed by atoms with van der Waals surface area (Å²) in [5, 5.41) is 2.92. The number of ether oxygens (including phenoxy) is 1. The van der Waals surface area contributed by atoms with Crippen molar-refractivity contribution in [2.24, 2.45) is 0 Å². The van der Waals surface area contributed by atoms with Gasteiger partial charge in [0.05, 0.1) is 0 Å². The summed E-state index contributed by atoms with van der Waals surface area (Å²) in [6.45, 7) is 4.72. The number of rotatable bonds is 6. The van der Waals surface area contributed by atoms with Crippen LogP contribution in [0.15, 0.2) is 48.5 Å². The number of anilines is 1. The molecule has 0 bridgehead atoms. The molecular formula is C21H26N2O2. The molecule has 3 rings (SSSR count). The van der Waals surface area contributed by atoms with E-state index in [1.165, 1.54) is 38.6 Å². The molecule has 25 heavy (non-hydrogen) atoms. The van der Waals surface area contributed by atoms with E-state index in [9.17, 15) is 4.79 Å². The Morgan fingerprint density at radius 3 is 2.48 bits per heavy atom. The molecule has 1 heterocycles. The number of amides is 1. The van der Waals surface area contributed by atoms with E-state index in [1.807, 2.05) is 24.3 Å². The van der Waals surface area contributed by atoms with Crippen molar-refractivity contribution in [3.63, 3.8) is 0 Å². The van der Waals surface area contributed by atoms with Crippen molar-refractivity contribution in [3.8, 4) is 11.1 Å². The fourth-order valence-electron chi connectivity index (χ4n) is 3.44. The summed E-state index contributed by atoms with van der Waals surface area (Å²) in [6.07, 6.45) is 2.61. The second-order valence-corrected chi connectivity index (χ2v) is 6.57. The van der Waals surface area contributed by atoms with E-state index in [4.69, 9.17) is 4.74 Å². The summed E-state index contributed by atoms with van der Waals surface area (Å²) in [4.78, 5) is 14.4. The first-order valence-corrected chi connectivity index (χ1v) is 8.91. The van der Waals surface area contributed by atoms with E-state index in [2.05, 4.69) is 41.4 Å². The van der Waals surface area contributed by atoms with Crippen molar-refractivity contribution in [1.29, 1.82) is 0 Å². The Morgan fingerprint density at radius 1 is 1.12 bits per heavy atom. The van der Waals surface area contributed by atoms with Crippen molar-refractivity contribution < 1.29 is 9.53 Å². The molecule has 4 heteroatoms. The van der Waals surface area contributed by atoms with Crippen LogP contribution in [0.1, 0.15) is 31.4 Å². The normalized spacial score (nSPS) is 15.9. The van der Waals surface area contributed by atoms with Gasteiger partial charge in [-0.25, -0.2) is 0 Å². The Bertz CT molecular complexity index is 706. The van der Waals surface area contributed by atoms with E-state index in [-0.39, 0.29) is 12.5 Å². The summed E-state index contributed by atoms with van der Waals surface area (Å²) < 4.78 is 4.90. The number of benzene rings is 2. The van der Waals surface area contributed by atoms with E-state index in [0.717, 1.165) is 16.8 Å². The highest BCUT2D eigenvalue weighted by Crippen LogP contribution is 2.30. The zero-order chi connectivity index (χ0) is 17.6. The first kappa shape index (κ1) is 17.6. The number of carbonyl (C=O) groups excluding carboxylic acids is 1. The smallest absolute Gasteiger partial charge is 0.250 e. The topological polar surface area (TPSA) is 41.6 Å². The first-order valence-electron chi connectivity index (χ1n) is 8.91. The van der Waals surface area contributed by atoms with E-state index >= 15 is 0 Å². The van der Waals surface area contributed by atoms with Crippen LogP contribution < -0.4 is 5.32 Å². The average Bonchev–Trinajstić information content (AvgIpc) is 3.17. The lowest BCUT2D eigenvalue weighted by Gasteiger charge is -2.24. The van der Waals surface area contributed by atoms with Gasteiger partial charge < -0.3 is 10.1 Å². The summed E-state index contributed by atoms with van der Waals surface area (Å²) in [5.74, 6) is -0.144. The highest BCUT2D eigenvalue weighted by Gasteiger charge is 2.19. The second-order valence-electron chi connectivity index (χ2n) is 6.57. The van der Waals surface area contributed by atoms with Crippen LogP contribution in [0.5, 0.6) is 0 Å². The zero-order valence-corrected chi connectivity index (χ0v) is 15.0. The molecule has 2 aromatic carbocycles. The Kier molecular flexibility index (Phi) is 5.84. The number of nitrogens with zero attached hydrogens (tertiary/aromatic N) is 1. The molecule has 1 saturated heterocycles. The molecular weight excluding hydrogens is 312 g/mol. The van der Waals surface area contributed by atoms with Crippen molar-refractivity contribution in [3.05, 3.63) is 54.1 Å². The number of carbonyl (C=O) groups is 1. The Hall–Kier alpha value is -2.17. The Labute approximate surface area is 149 Å². The first-order chi connectivity index (χ1) is 12.2. The molecule has 0 spiro atoms. The lowest BCUT2D eigenvalue weighted by Crippen LogP contribution is -2.23. The maximum absolute atomic E-state index is 11.8. The Morgan fingerprint density at radius 2 is 1.80 bits per heavy atom. The minimum absolute atomic E-state index is 0.0562. The van der Waals surface area contributed by atoms with Gasteiger partial charge >= 0.3 is 0 Å². The zero-order valence-electron chi connectivity index (χ0n) is 15.0. The Balaban J connectivity index is 1.79. The number of hydrogen-bond donors (Lipinski definition) is 1. The van der Waals surface area contributed by atoms with Crippen LogP contribution in [-0.4, -0.2) is 37.6 Å². The maximum atomic E-state index is 11.8. The molecule has 4 nitrogen and oxygen atoms in total. The molecule has 1 amide bonds. The van der Waals surface area contributed by atoms with Crippen LogP contribution in [0.4, 0.5) is 5.69 Å². The molecule has 1 fully saturated rings. The van der Waals surface area contributed by atoms with Crippen LogP contribution in [0, 0.1) is 0 Å². The van der Waals surface area contributed by atoms with Gasteiger partial charge in [0.15, 0.2) is 0 Å². The molecule has 132 valence electrons. The quantitative estimate of drug-likeness (QED) is 0.862. The average molecular weight is 338 g/mol. The predicted molar refractivity (Wildman–Crippen MR) is 102 cm³/mol. The number of likely N-dealkylation sites (tertiary alicyclic amines) is 1. The van der Waals surface area contributed by atoms with E-state index in [0.29, 0.717) is 6.04 Å². The number of hydrogen-bond acceptors (Lipinski definition) is 3. The monoisotopic (exact) mass is 338 g/mol. The predicted octanol–water partition coefficient (Wildman–Crippen LogP) is 4.10. The molecule has 0 radical (unpaired) electrons. The fourth-order valence-corrected chi connectivity index (χ4v) is 3.44. The van der Waals surface area contributed by atoms with Crippen LogP contribution in [0.2, 0.25) is 0 Å². The van der Waals surface area contributed by atoms with Gasteiger partial charge in [-0.3, -0.25) is 9.69 Å². The van der Waals surface area contributed by atoms with Gasteiger partial charge in [0.25, 0.3) is 0 Å². The third-order valence-electron chi connectivity index (χ3n) is 4.87. The highest BCUT2D eigenvalue weighted by molar-refractivity contribution is 5.96. The maximum Gasteiger partial charge on any atom is 0.250 e. The van der Waals surface area contributed by atoms with Crippen LogP contribution in [0.25, 0.3) is 11.1 Å².